The molecule has 5 atom stereocenters. The standard InChI is InChI=1S/C34H33N3O3/c38-25-14-13-23-17-26-34(39)18-24-28(21-7-3-1-4-8-21)35-32(22-9-5-2-6-10-22)36-29(24)31-33(34,27(23)30(25)40-31)15-16-37(26)19-20-11-12-20/h1-10,13-14,20,26,28,31,38-39H,11-12,15-19H2,(H,35,36)/t26-,28?,31+,33+,34-/m1/s1. The molecule has 3 heterocycles. The molecule has 0 aromatic heterocycles. The van der Waals surface area contributed by atoms with Gasteiger partial charge >= 0.3 is 0 Å². The van der Waals surface area contributed by atoms with Gasteiger partial charge in [-0.2, -0.15) is 0 Å². The maximum absolute atomic E-state index is 13.2. The van der Waals surface area contributed by atoms with Gasteiger partial charge in [-0.25, -0.2) is 0 Å². The normalized spacial score (nSPS) is 33.4. The lowest BCUT2D eigenvalue weighted by Gasteiger charge is -2.64. The first-order chi connectivity index (χ1) is 19.6. The van der Waals surface area contributed by atoms with Crippen molar-refractivity contribution in [3.05, 3.63) is 106 Å². The lowest BCUT2D eigenvalue weighted by molar-refractivity contribution is -0.167. The molecule has 1 saturated carbocycles. The van der Waals surface area contributed by atoms with Crippen molar-refractivity contribution in [3.8, 4) is 11.5 Å². The fourth-order valence-corrected chi connectivity index (χ4v) is 8.63. The van der Waals surface area contributed by atoms with E-state index in [2.05, 4.69) is 52.7 Å². The number of likely N-dealkylation sites (tertiary alicyclic amines) is 1. The quantitative estimate of drug-likeness (QED) is 0.458. The largest absolute Gasteiger partial charge is 0.504 e. The Balaban J connectivity index is 1.26. The topological polar surface area (TPSA) is 77.3 Å². The van der Waals surface area contributed by atoms with Gasteiger partial charge < -0.3 is 20.3 Å². The van der Waals surface area contributed by atoms with Crippen molar-refractivity contribution in [2.75, 3.05) is 13.1 Å². The second kappa shape index (κ2) is 7.99. The number of phenolic OH excluding ortho intramolecular Hbond substituents is 1. The number of amidine groups is 1. The Kier molecular flexibility index (Phi) is 4.62. The number of hydrogen-bond acceptors (Lipinski definition) is 6. The van der Waals surface area contributed by atoms with Crippen LogP contribution in [-0.2, 0) is 11.8 Å². The average molecular weight is 532 g/mol. The van der Waals surface area contributed by atoms with Crippen molar-refractivity contribution >= 4 is 5.84 Å². The van der Waals surface area contributed by atoms with Gasteiger partial charge in [-0.3, -0.25) is 9.89 Å². The van der Waals surface area contributed by atoms with Gasteiger partial charge in [-0.15, -0.1) is 0 Å². The van der Waals surface area contributed by atoms with E-state index in [1.165, 1.54) is 18.4 Å². The molecule has 3 aromatic carbocycles. The number of nitrogens with one attached hydrogen (secondary N) is 1. The van der Waals surface area contributed by atoms with Crippen LogP contribution in [0.2, 0.25) is 0 Å². The van der Waals surface area contributed by atoms with Crippen molar-refractivity contribution < 1.29 is 14.9 Å². The summed E-state index contributed by atoms with van der Waals surface area (Å²) in [6.45, 7) is 1.99. The Bertz CT molecular complexity index is 1600. The number of aromatic hydroxyl groups is 1. The molecule has 202 valence electrons. The maximum atomic E-state index is 13.2. The van der Waals surface area contributed by atoms with Gasteiger partial charge in [0.1, 0.15) is 11.9 Å². The van der Waals surface area contributed by atoms with Crippen molar-refractivity contribution in [2.24, 2.45) is 10.9 Å². The van der Waals surface area contributed by atoms with E-state index in [4.69, 9.17) is 9.73 Å². The minimum atomic E-state index is -1.02. The van der Waals surface area contributed by atoms with Crippen LogP contribution in [0.25, 0.3) is 0 Å². The highest BCUT2D eigenvalue weighted by Crippen LogP contribution is 2.67. The molecular formula is C34H33N3O3. The molecule has 1 unspecified atom stereocenters. The minimum Gasteiger partial charge on any atom is -0.504 e. The van der Waals surface area contributed by atoms with Crippen LogP contribution >= 0.6 is 0 Å². The van der Waals surface area contributed by atoms with Gasteiger partial charge in [0.05, 0.1) is 16.7 Å². The molecule has 3 aromatic rings. The summed E-state index contributed by atoms with van der Waals surface area (Å²) in [5, 5.41) is 28.0. The Labute approximate surface area is 234 Å². The summed E-state index contributed by atoms with van der Waals surface area (Å²) in [5.41, 5.74) is 4.84. The molecule has 2 fully saturated rings. The summed E-state index contributed by atoms with van der Waals surface area (Å²) in [6.07, 6.45) is 4.26. The predicted octanol–water partition coefficient (Wildman–Crippen LogP) is 4.61. The Morgan fingerprint density at radius 2 is 1.77 bits per heavy atom. The number of piperidine rings is 1. The van der Waals surface area contributed by atoms with E-state index in [9.17, 15) is 10.2 Å². The van der Waals surface area contributed by atoms with Gasteiger partial charge in [-0.1, -0.05) is 66.7 Å². The molecule has 2 bridgehead atoms. The van der Waals surface area contributed by atoms with Crippen LogP contribution in [0, 0.1) is 5.92 Å². The lowest BCUT2D eigenvalue weighted by atomic mass is 9.48. The second-order valence-corrected chi connectivity index (χ2v) is 12.6. The van der Waals surface area contributed by atoms with E-state index >= 15 is 0 Å². The molecule has 1 saturated heterocycles. The Hall–Kier alpha value is -3.61. The zero-order valence-corrected chi connectivity index (χ0v) is 22.4. The van der Waals surface area contributed by atoms with E-state index in [0.29, 0.717) is 12.2 Å². The van der Waals surface area contributed by atoms with Crippen LogP contribution < -0.4 is 10.1 Å². The van der Waals surface area contributed by atoms with Gasteiger partial charge in [0.25, 0.3) is 0 Å². The number of rotatable bonds is 4. The van der Waals surface area contributed by atoms with E-state index in [0.717, 1.165) is 65.6 Å². The first kappa shape index (κ1) is 23.1. The lowest BCUT2D eigenvalue weighted by Crippen LogP contribution is -2.76. The van der Waals surface area contributed by atoms with Gasteiger partial charge in [-0.05, 0) is 60.9 Å². The number of aliphatic hydroxyl groups is 1. The highest BCUT2D eigenvalue weighted by Gasteiger charge is 2.73. The summed E-state index contributed by atoms with van der Waals surface area (Å²) in [6, 6.07) is 24.3. The van der Waals surface area contributed by atoms with Crippen molar-refractivity contribution in [1.29, 1.82) is 0 Å². The van der Waals surface area contributed by atoms with E-state index in [1.54, 1.807) is 6.07 Å². The van der Waals surface area contributed by atoms with Crippen LogP contribution in [0.15, 0.2) is 89.1 Å². The number of nitrogens with zero attached hydrogens (tertiary/aromatic N) is 2. The number of fused-ring (bicyclic) bond motifs is 1. The third kappa shape index (κ3) is 2.93. The second-order valence-electron chi connectivity index (χ2n) is 12.6. The minimum absolute atomic E-state index is 0.000848. The smallest absolute Gasteiger partial charge is 0.166 e. The first-order valence-electron chi connectivity index (χ1n) is 14.7. The molecule has 9 rings (SSSR count). The molecular weight excluding hydrogens is 498 g/mol. The number of phenols is 1. The third-order valence-corrected chi connectivity index (χ3v) is 10.6. The molecule has 3 aliphatic heterocycles. The Morgan fingerprint density at radius 3 is 2.55 bits per heavy atom. The van der Waals surface area contributed by atoms with E-state index in [-0.39, 0.29) is 17.8 Å². The molecule has 1 spiro atoms. The fraction of sp³-hybridized carbons (Fsp3) is 0.382. The van der Waals surface area contributed by atoms with Crippen LogP contribution in [0.3, 0.4) is 0 Å². The molecule has 0 amide bonds. The highest BCUT2D eigenvalue weighted by atomic mass is 16.5. The average Bonchev–Trinajstić information content (AvgIpc) is 3.73. The zero-order valence-electron chi connectivity index (χ0n) is 22.4. The molecule has 3 N–H and O–H groups in total. The van der Waals surface area contributed by atoms with Crippen molar-refractivity contribution in [3.63, 3.8) is 0 Å². The van der Waals surface area contributed by atoms with Crippen molar-refractivity contribution in [1.82, 2.24) is 10.2 Å². The van der Waals surface area contributed by atoms with Gasteiger partial charge in [0, 0.05) is 30.1 Å². The third-order valence-electron chi connectivity index (χ3n) is 10.6. The molecule has 3 aliphatic carbocycles. The van der Waals surface area contributed by atoms with Gasteiger partial charge in [0.15, 0.2) is 17.6 Å². The maximum Gasteiger partial charge on any atom is 0.166 e. The molecule has 6 heteroatoms. The van der Waals surface area contributed by atoms with E-state index in [1.807, 2.05) is 24.3 Å². The Morgan fingerprint density at radius 1 is 1.00 bits per heavy atom. The summed E-state index contributed by atoms with van der Waals surface area (Å²) in [7, 11) is 0. The van der Waals surface area contributed by atoms with Gasteiger partial charge in [0.2, 0.25) is 0 Å². The fourth-order valence-electron chi connectivity index (χ4n) is 8.63. The molecule has 6 nitrogen and oxygen atoms in total. The summed E-state index contributed by atoms with van der Waals surface area (Å²) >= 11 is 0. The van der Waals surface area contributed by atoms with Crippen LogP contribution in [0.5, 0.6) is 11.5 Å². The SMILES string of the molecule is Oc1ccc2c3c1O[C@H]1C4=C(C[C@@]5(O)[C@@H](C2)N(CC2CC2)CC[C@]315)C(c1ccccc1)N=C(c1ccccc1)N4. The van der Waals surface area contributed by atoms with Crippen molar-refractivity contribution in [2.45, 2.75) is 61.3 Å². The predicted molar refractivity (Wildman–Crippen MR) is 152 cm³/mol. The monoisotopic (exact) mass is 531 g/mol. The first-order valence-corrected chi connectivity index (χ1v) is 14.7. The van der Waals surface area contributed by atoms with Crippen LogP contribution in [0.1, 0.15) is 54.0 Å². The molecule has 0 radical (unpaired) electrons. The number of ether oxygens (including phenoxy) is 1. The number of benzene rings is 3. The molecule has 6 aliphatic rings. The van der Waals surface area contributed by atoms with Crippen LogP contribution in [-0.4, -0.2) is 51.8 Å². The molecule has 40 heavy (non-hydrogen) atoms. The highest BCUT2D eigenvalue weighted by molar-refractivity contribution is 6.01. The zero-order chi connectivity index (χ0) is 26.6. The summed E-state index contributed by atoms with van der Waals surface area (Å²) in [4.78, 5) is 7.86. The number of aliphatic imine (C=N–C) groups is 1. The number of hydrogen-bond donors (Lipinski definition) is 3. The summed E-state index contributed by atoms with van der Waals surface area (Å²) < 4.78 is 6.84. The summed E-state index contributed by atoms with van der Waals surface area (Å²) in [5.74, 6) is 2.29. The van der Waals surface area contributed by atoms with Crippen LogP contribution in [0.4, 0.5) is 0 Å². The van der Waals surface area contributed by atoms with E-state index < -0.39 is 17.1 Å².